The minimum atomic E-state index is -1.10. The van der Waals surface area contributed by atoms with Gasteiger partial charge in [-0.05, 0) is 42.9 Å². The number of piperidine rings is 1. The zero-order chi connectivity index (χ0) is 25.0. The first-order valence-corrected chi connectivity index (χ1v) is 12.5. The average Bonchev–Trinajstić information content (AvgIpc) is 3.13. The smallest absolute Gasteiger partial charge is 0.325 e. The molecule has 1 N–H and O–H groups in total. The molecule has 4 amide bonds. The van der Waals surface area contributed by atoms with Crippen molar-refractivity contribution >= 4 is 29.4 Å². The molecular formula is C27H32ClN3O4. The van der Waals surface area contributed by atoms with Gasteiger partial charge < -0.3 is 15.0 Å². The van der Waals surface area contributed by atoms with Crippen LogP contribution in [0.25, 0.3) is 0 Å². The highest BCUT2D eigenvalue weighted by Gasteiger charge is 2.56. The van der Waals surface area contributed by atoms with Crippen molar-refractivity contribution in [1.29, 1.82) is 0 Å². The summed E-state index contributed by atoms with van der Waals surface area (Å²) in [5, 5.41) is 3.60. The van der Waals surface area contributed by atoms with E-state index in [-0.39, 0.29) is 36.8 Å². The number of hydrogen-bond acceptors (Lipinski definition) is 4. The van der Waals surface area contributed by atoms with Crippen LogP contribution in [0.15, 0.2) is 54.6 Å². The van der Waals surface area contributed by atoms with Crippen molar-refractivity contribution < 1.29 is 19.1 Å². The Bertz CT molecular complexity index is 1070. The molecule has 2 atom stereocenters. The first kappa shape index (κ1) is 25.2. The zero-order valence-electron chi connectivity index (χ0n) is 20.2. The van der Waals surface area contributed by atoms with E-state index in [4.69, 9.17) is 16.3 Å². The largest absolute Gasteiger partial charge is 0.383 e. The molecule has 0 saturated carbocycles. The summed E-state index contributed by atoms with van der Waals surface area (Å²) in [4.78, 5) is 42.9. The number of rotatable bonds is 8. The lowest BCUT2D eigenvalue weighted by molar-refractivity contribution is -0.136. The Morgan fingerprint density at radius 1 is 1.11 bits per heavy atom. The van der Waals surface area contributed by atoms with Crippen LogP contribution in [0.1, 0.15) is 36.8 Å². The van der Waals surface area contributed by atoms with E-state index in [0.717, 1.165) is 11.1 Å². The Kier molecular flexibility index (Phi) is 7.77. The molecule has 2 heterocycles. The van der Waals surface area contributed by atoms with E-state index >= 15 is 0 Å². The van der Waals surface area contributed by atoms with Gasteiger partial charge in [0.2, 0.25) is 5.91 Å². The monoisotopic (exact) mass is 497 g/mol. The first-order valence-electron chi connectivity index (χ1n) is 12.1. The van der Waals surface area contributed by atoms with Crippen LogP contribution in [0, 0.1) is 5.92 Å². The molecule has 0 aliphatic carbocycles. The highest BCUT2D eigenvalue weighted by atomic mass is 35.5. The van der Waals surface area contributed by atoms with Gasteiger partial charge in [0, 0.05) is 31.6 Å². The number of halogens is 1. The number of likely N-dealkylation sites (tertiary alicyclic amines) is 1. The molecular weight excluding hydrogens is 466 g/mol. The van der Waals surface area contributed by atoms with Crippen molar-refractivity contribution in [3.63, 3.8) is 0 Å². The summed E-state index contributed by atoms with van der Waals surface area (Å²) in [6.45, 7) is 3.46. The SMILES string of the molecule is COCCN1C(=O)NC(Cc2ccccc2Cl)(C2CCN(C(=O)C(C)c3ccccc3)CC2)C1=O. The van der Waals surface area contributed by atoms with Gasteiger partial charge in [-0.1, -0.05) is 60.1 Å². The summed E-state index contributed by atoms with van der Waals surface area (Å²) < 4.78 is 5.11. The van der Waals surface area contributed by atoms with Crippen molar-refractivity contribution in [2.75, 3.05) is 33.4 Å². The van der Waals surface area contributed by atoms with Crippen LogP contribution in [-0.2, 0) is 20.7 Å². The van der Waals surface area contributed by atoms with Crippen LogP contribution >= 0.6 is 11.6 Å². The molecule has 8 heteroatoms. The van der Waals surface area contributed by atoms with E-state index in [1.165, 1.54) is 4.90 Å². The average molecular weight is 498 g/mol. The summed E-state index contributed by atoms with van der Waals surface area (Å²) in [5.41, 5.74) is 0.699. The van der Waals surface area contributed by atoms with E-state index in [1.54, 1.807) is 13.2 Å². The Labute approximate surface area is 211 Å². The number of nitrogens with one attached hydrogen (secondary N) is 1. The first-order chi connectivity index (χ1) is 16.9. The normalized spacial score (nSPS) is 21.8. The summed E-state index contributed by atoms with van der Waals surface area (Å²) in [6, 6.07) is 16.7. The molecule has 7 nitrogen and oxygen atoms in total. The van der Waals surface area contributed by atoms with Gasteiger partial charge in [0.15, 0.2) is 0 Å². The van der Waals surface area contributed by atoms with Crippen molar-refractivity contribution in [3.8, 4) is 0 Å². The molecule has 186 valence electrons. The second-order valence-electron chi connectivity index (χ2n) is 9.35. The van der Waals surface area contributed by atoms with Crippen LogP contribution in [0.3, 0.4) is 0 Å². The van der Waals surface area contributed by atoms with Crippen molar-refractivity contribution in [1.82, 2.24) is 15.1 Å². The van der Waals surface area contributed by atoms with Gasteiger partial charge in [-0.3, -0.25) is 14.5 Å². The Morgan fingerprint density at radius 2 is 1.77 bits per heavy atom. The number of methoxy groups -OCH3 is 1. The maximum Gasteiger partial charge on any atom is 0.325 e. The van der Waals surface area contributed by atoms with Gasteiger partial charge in [-0.25, -0.2) is 4.79 Å². The fourth-order valence-corrected chi connectivity index (χ4v) is 5.47. The fraction of sp³-hybridized carbons (Fsp3) is 0.444. The topological polar surface area (TPSA) is 79.0 Å². The third-order valence-electron chi connectivity index (χ3n) is 7.32. The molecule has 35 heavy (non-hydrogen) atoms. The van der Waals surface area contributed by atoms with Crippen LogP contribution in [-0.4, -0.2) is 66.5 Å². The van der Waals surface area contributed by atoms with Gasteiger partial charge in [-0.15, -0.1) is 0 Å². The van der Waals surface area contributed by atoms with Crippen molar-refractivity contribution in [3.05, 3.63) is 70.7 Å². The second-order valence-corrected chi connectivity index (χ2v) is 9.76. The minimum Gasteiger partial charge on any atom is -0.383 e. The molecule has 0 radical (unpaired) electrons. The molecule has 0 aromatic heterocycles. The maximum absolute atomic E-state index is 13.7. The Morgan fingerprint density at radius 3 is 2.43 bits per heavy atom. The molecule has 2 aliphatic heterocycles. The quantitative estimate of drug-likeness (QED) is 0.562. The summed E-state index contributed by atoms with van der Waals surface area (Å²) >= 11 is 6.45. The molecule has 0 bridgehead atoms. The highest BCUT2D eigenvalue weighted by Crippen LogP contribution is 2.38. The number of ether oxygens (including phenoxy) is 1. The van der Waals surface area contributed by atoms with Gasteiger partial charge in [0.1, 0.15) is 5.54 Å². The lowest BCUT2D eigenvalue weighted by Crippen LogP contribution is -2.58. The van der Waals surface area contributed by atoms with Gasteiger partial charge >= 0.3 is 6.03 Å². The number of carbonyl (C=O) groups excluding carboxylic acids is 3. The fourth-order valence-electron chi connectivity index (χ4n) is 5.26. The van der Waals surface area contributed by atoms with Crippen LogP contribution in [0.5, 0.6) is 0 Å². The molecule has 2 aromatic carbocycles. The standard InChI is InChI=1S/C27H32ClN3O4/c1-19(20-8-4-3-5-9-20)24(32)30-14-12-22(13-15-30)27(18-21-10-6-7-11-23(21)28)25(33)31(16-17-35-2)26(34)29-27/h3-11,19,22H,12-18H2,1-2H3,(H,29,34). The molecule has 2 unspecified atom stereocenters. The number of imide groups is 1. The van der Waals surface area contributed by atoms with E-state index in [9.17, 15) is 14.4 Å². The van der Waals surface area contributed by atoms with Gasteiger partial charge in [0.25, 0.3) is 5.91 Å². The van der Waals surface area contributed by atoms with E-state index in [0.29, 0.717) is 37.4 Å². The second kappa shape index (κ2) is 10.8. The molecule has 2 saturated heterocycles. The summed E-state index contributed by atoms with van der Waals surface area (Å²) in [6.07, 6.45) is 1.53. The van der Waals surface area contributed by atoms with E-state index in [2.05, 4.69) is 5.32 Å². The number of hydrogen-bond donors (Lipinski definition) is 1. The summed E-state index contributed by atoms with van der Waals surface area (Å²) in [7, 11) is 1.54. The number of amides is 4. The lowest BCUT2D eigenvalue weighted by atomic mass is 9.73. The van der Waals surface area contributed by atoms with Crippen molar-refractivity contribution in [2.24, 2.45) is 5.92 Å². The third kappa shape index (κ3) is 5.07. The Balaban J connectivity index is 1.54. The predicted molar refractivity (Wildman–Crippen MR) is 134 cm³/mol. The molecule has 0 spiro atoms. The lowest BCUT2D eigenvalue weighted by Gasteiger charge is -2.41. The molecule has 2 aromatic rings. The van der Waals surface area contributed by atoms with Gasteiger partial charge in [0.05, 0.1) is 19.1 Å². The predicted octanol–water partition coefficient (Wildman–Crippen LogP) is 3.86. The van der Waals surface area contributed by atoms with E-state index < -0.39 is 11.6 Å². The van der Waals surface area contributed by atoms with Crippen molar-refractivity contribution in [2.45, 2.75) is 37.6 Å². The zero-order valence-corrected chi connectivity index (χ0v) is 21.0. The van der Waals surface area contributed by atoms with Gasteiger partial charge in [-0.2, -0.15) is 0 Å². The van der Waals surface area contributed by atoms with Crippen LogP contribution in [0.2, 0.25) is 5.02 Å². The number of carbonyl (C=O) groups is 3. The maximum atomic E-state index is 13.7. The number of benzene rings is 2. The highest BCUT2D eigenvalue weighted by molar-refractivity contribution is 6.31. The third-order valence-corrected chi connectivity index (χ3v) is 7.69. The summed E-state index contributed by atoms with van der Waals surface area (Å²) in [5.74, 6) is -0.527. The van der Waals surface area contributed by atoms with Crippen LogP contribution in [0.4, 0.5) is 4.79 Å². The van der Waals surface area contributed by atoms with Crippen LogP contribution < -0.4 is 5.32 Å². The Hall–Kier alpha value is -2.90. The molecule has 4 rings (SSSR count). The number of urea groups is 1. The molecule has 2 fully saturated rings. The molecule has 2 aliphatic rings. The van der Waals surface area contributed by atoms with E-state index in [1.807, 2.05) is 60.4 Å². The number of nitrogens with zero attached hydrogens (tertiary/aromatic N) is 2. The minimum absolute atomic E-state index is 0.0818.